The van der Waals surface area contributed by atoms with E-state index in [0.717, 1.165) is 5.82 Å². The molecule has 0 saturated carbocycles. The molecule has 1 heterocycles. The number of hydrogen-bond acceptors (Lipinski definition) is 5. The van der Waals surface area contributed by atoms with Crippen LogP contribution in [0.25, 0.3) is 0 Å². The number of rotatable bonds is 5. The molecule has 0 aliphatic rings. The van der Waals surface area contributed by atoms with Gasteiger partial charge in [0.05, 0.1) is 6.07 Å². The number of benzene rings is 1. The first kappa shape index (κ1) is 13.8. The summed E-state index contributed by atoms with van der Waals surface area (Å²) in [5, 5.41) is 14.8. The minimum atomic E-state index is 0.230. The highest BCUT2D eigenvalue weighted by molar-refractivity contribution is 5.48. The van der Waals surface area contributed by atoms with Crippen LogP contribution in [0.4, 0.5) is 11.6 Å². The summed E-state index contributed by atoms with van der Waals surface area (Å²) >= 11 is 0. The standard InChI is InChI=1S/C15H17N5/c1-11-4-3-5-13(8-11)10-18-15-9-14(17-7-6-16)19-12(2)20-15/h3-5,8-9H,7,10H2,1-2H3,(H2,17,18,19,20). The summed E-state index contributed by atoms with van der Waals surface area (Å²) in [5.74, 6) is 2.07. The molecule has 2 aromatic rings. The van der Waals surface area contributed by atoms with Gasteiger partial charge in [0.1, 0.15) is 24.0 Å². The molecule has 20 heavy (non-hydrogen) atoms. The van der Waals surface area contributed by atoms with Crippen molar-refractivity contribution >= 4 is 11.6 Å². The molecule has 1 aromatic heterocycles. The monoisotopic (exact) mass is 267 g/mol. The number of anilines is 2. The molecule has 0 fully saturated rings. The quantitative estimate of drug-likeness (QED) is 0.815. The Hall–Kier alpha value is -2.61. The van der Waals surface area contributed by atoms with Crippen molar-refractivity contribution in [2.45, 2.75) is 20.4 Å². The van der Waals surface area contributed by atoms with Crippen LogP contribution >= 0.6 is 0 Å². The number of hydrogen-bond donors (Lipinski definition) is 2. The Bertz CT molecular complexity index is 630. The summed E-state index contributed by atoms with van der Waals surface area (Å²) in [5.41, 5.74) is 2.44. The van der Waals surface area contributed by atoms with Crippen molar-refractivity contribution in [1.82, 2.24) is 9.97 Å². The Kier molecular flexibility index (Phi) is 4.51. The summed E-state index contributed by atoms with van der Waals surface area (Å²) in [4.78, 5) is 8.56. The van der Waals surface area contributed by atoms with Crippen LogP contribution in [0.15, 0.2) is 30.3 Å². The maximum atomic E-state index is 8.57. The summed E-state index contributed by atoms with van der Waals surface area (Å²) in [6.45, 7) is 4.83. The SMILES string of the molecule is Cc1cccc(CNc2cc(NCC#N)nc(C)n2)c1. The van der Waals surface area contributed by atoms with E-state index in [1.165, 1.54) is 11.1 Å². The third kappa shape index (κ3) is 3.95. The highest BCUT2D eigenvalue weighted by Crippen LogP contribution is 2.12. The summed E-state index contributed by atoms with van der Waals surface area (Å²) in [6, 6.07) is 12.2. The summed E-state index contributed by atoms with van der Waals surface area (Å²) in [7, 11) is 0. The molecule has 0 radical (unpaired) electrons. The van der Waals surface area contributed by atoms with Gasteiger partial charge in [-0.05, 0) is 19.4 Å². The van der Waals surface area contributed by atoms with E-state index >= 15 is 0 Å². The highest BCUT2D eigenvalue weighted by atomic mass is 15.1. The zero-order valence-corrected chi connectivity index (χ0v) is 11.6. The molecule has 0 unspecified atom stereocenters. The van der Waals surface area contributed by atoms with E-state index in [9.17, 15) is 0 Å². The van der Waals surface area contributed by atoms with Gasteiger partial charge in [-0.2, -0.15) is 5.26 Å². The first-order valence-electron chi connectivity index (χ1n) is 6.43. The maximum Gasteiger partial charge on any atom is 0.132 e. The van der Waals surface area contributed by atoms with Gasteiger partial charge in [0.25, 0.3) is 0 Å². The molecular formula is C15H17N5. The zero-order valence-electron chi connectivity index (χ0n) is 11.6. The number of aryl methyl sites for hydroxylation is 2. The fraction of sp³-hybridized carbons (Fsp3) is 0.267. The summed E-state index contributed by atoms with van der Waals surface area (Å²) < 4.78 is 0. The first-order valence-corrected chi connectivity index (χ1v) is 6.43. The third-order valence-corrected chi connectivity index (χ3v) is 2.74. The molecule has 0 aliphatic carbocycles. The van der Waals surface area contributed by atoms with Crippen LogP contribution in [-0.2, 0) is 6.54 Å². The van der Waals surface area contributed by atoms with Gasteiger partial charge in [-0.15, -0.1) is 0 Å². The van der Waals surface area contributed by atoms with Gasteiger partial charge in [0.2, 0.25) is 0 Å². The van der Waals surface area contributed by atoms with Crippen molar-refractivity contribution in [1.29, 1.82) is 5.26 Å². The number of nitrogens with one attached hydrogen (secondary N) is 2. The van der Waals surface area contributed by atoms with Gasteiger partial charge in [-0.1, -0.05) is 29.8 Å². The van der Waals surface area contributed by atoms with Crippen LogP contribution in [0.2, 0.25) is 0 Å². The Morgan fingerprint density at radius 3 is 2.55 bits per heavy atom. The number of nitrogens with zero attached hydrogens (tertiary/aromatic N) is 3. The van der Waals surface area contributed by atoms with Gasteiger partial charge in [0, 0.05) is 12.6 Å². The van der Waals surface area contributed by atoms with Crippen LogP contribution in [0.1, 0.15) is 17.0 Å². The Balaban J connectivity index is 2.05. The number of nitriles is 1. The average molecular weight is 267 g/mol. The highest BCUT2D eigenvalue weighted by Gasteiger charge is 2.01. The third-order valence-electron chi connectivity index (χ3n) is 2.74. The Morgan fingerprint density at radius 1 is 1.10 bits per heavy atom. The smallest absolute Gasteiger partial charge is 0.132 e. The molecule has 5 heteroatoms. The lowest BCUT2D eigenvalue weighted by Gasteiger charge is -2.09. The second kappa shape index (κ2) is 6.53. The Labute approximate surface area is 118 Å². The van der Waals surface area contributed by atoms with Gasteiger partial charge in [-0.3, -0.25) is 0 Å². The maximum absolute atomic E-state index is 8.57. The molecule has 0 saturated heterocycles. The second-order valence-corrected chi connectivity index (χ2v) is 4.54. The molecule has 0 aliphatic heterocycles. The normalized spacial score (nSPS) is 9.85. The molecule has 1 aromatic carbocycles. The van der Waals surface area contributed by atoms with E-state index in [0.29, 0.717) is 18.2 Å². The Morgan fingerprint density at radius 2 is 1.85 bits per heavy atom. The molecule has 2 N–H and O–H groups in total. The van der Waals surface area contributed by atoms with Crippen molar-refractivity contribution in [3.63, 3.8) is 0 Å². The lowest BCUT2D eigenvalue weighted by Crippen LogP contribution is -2.07. The van der Waals surface area contributed by atoms with Crippen molar-refractivity contribution in [2.24, 2.45) is 0 Å². The fourth-order valence-electron chi connectivity index (χ4n) is 1.89. The van der Waals surface area contributed by atoms with Crippen LogP contribution in [0.3, 0.4) is 0 Å². The molecule has 0 spiro atoms. The van der Waals surface area contributed by atoms with Gasteiger partial charge >= 0.3 is 0 Å². The lowest BCUT2D eigenvalue weighted by atomic mass is 10.1. The molecule has 5 nitrogen and oxygen atoms in total. The van der Waals surface area contributed by atoms with Crippen molar-refractivity contribution in [2.75, 3.05) is 17.2 Å². The molecular weight excluding hydrogens is 250 g/mol. The van der Waals surface area contributed by atoms with E-state index in [1.807, 2.05) is 19.1 Å². The fourth-order valence-corrected chi connectivity index (χ4v) is 1.89. The van der Waals surface area contributed by atoms with E-state index in [2.05, 4.69) is 45.7 Å². The number of aromatic nitrogens is 2. The molecule has 2 rings (SSSR count). The predicted molar refractivity (Wildman–Crippen MR) is 79.4 cm³/mol. The van der Waals surface area contributed by atoms with Crippen LogP contribution in [0, 0.1) is 25.2 Å². The van der Waals surface area contributed by atoms with Crippen LogP contribution in [0.5, 0.6) is 0 Å². The topological polar surface area (TPSA) is 73.6 Å². The minimum Gasteiger partial charge on any atom is -0.366 e. The van der Waals surface area contributed by atoms with Crippen LogP contribution in [-0.4, -0.2) is 16.5 Å². The molecule has 102 valence electrons. The summed E-state index contributed by atoms with van der Waals surface area (Å²) in [6.07, 6.45) is 0. The molecule has 0 amide bonds. The lowest BCUT2D eigenvalue weighted by molar-refractivity contribution is 1.02. The first-order chi connectivity index (χ1) is 9.67. The van der Waals surface area contributed by atoms with Crippen molar-refractivity contribution in [3.8, 4) is 6.07 Å². The van der Waals surface area contributed by atoms with Crippen molar-refractivity contribution < 1.29 is 0 Å². The van der Waals surface area contributed by atoms with E-state index in [1.54, 1.807) is 6.07 Å². The minimum absolute atomic E-state index is 0.230. The zero-order chi connectivity index (χ0) is 14.4. The van der Waals surface area contributed by atoms with E-state index in [-0.39, 0.29) is 6.54 Å². The largest absolute Gasteiger partial charge is 0.366 e. The second-order valence-electron chi connectivity index (χ2n) is 4.54. The molecule has 0 atom stereocenters. The molecule has 0 bridgehead atoms. The van der Waals surface area contributed by atoms with Gasteiger partial charge in [0.15, 0.2) is 0 Å². The van der Waals surface area contributed by atoms with Gasteiger partial charge in [-0.25, -0.2) is 9.97 Å². The predicted octanol–water partition coefficient (Wildman–Crippen LogP) is 2.64. The van der Waals surface area contributed by atoms with Gasteiger partial charge < -0.3 is 10.6 Å². The van der Waals surface area contributed by atoms with Crippen LogP contribution < -0.4 is 10.6 Å². The van der Waals surface area contributed by atoms with Crippen molar-refractivity contribution in [3.05, 3.63) is 47.3 Å². The average Bonchev–Trinajstić information content (AvgIpc) is 2.42. The van der Waals surface area contributed by atoms with E-state index < -0.39 is 0 Å². The van der Waals surface area contributed by atoms with E-state index in [4.69, 9.17) is 5.26 Å².